The fourth-order valence-electron chi connectivity index (χ4n) is 2.15. The van der Waals surface area contributed by atoms with Gasteiger partial charge in [-0.25, -0.2) is 0 Å². The molecule has 3 heteroatoms. The van der Waals surface area contributed by atoms with E-state index in [0.717, 1.165) is 38.5 Å². The molecule has 0 radical (unpaired) electrons. The third-order valence-corrected chi connectivity index (χ3v) is 3.25. The van der Waals surface area contributed by atoms with Crippen LogP contribution in [0.4, 0.5) is 4.53 Å². The lowest BCUT2D eigenvalue weighted by Gasteiger charge is -2.25. The van der Waals surface area contributed by atoms with Gasteiger partial charge in [0.1, 0.15) is 5.60 Å². The van der Waals surface area contributed by atoms with Crippen molar-refractivity contribution in [3.63, 3.8) is 0 Å². The number of halogens is 2. The summed E-state index contributed by atoms with van der Waals surface area (Å²) in [7, 11) is 0. The van der Waals surface area contributed by atoms with Crippen molar-refractivity contribution in [3.05, 3.63) is 0 Å². The molecule has 0 bridgehead atoms. The molecule has 1 nitrogen and oxygen atoms in total. The summed E-state index contributed by atoms with van der Waals surface area (Å²) in [4.78, 5) is 4.13. The van der Waals surface area contributed by atoms with Crippen molar-refractivity contribution in [1.29, 1.82) is 0 Å². The molecule has 1 fully saturated rings. The lowest BCUT2D eigenvalue weighted by molar-refractivity contribution is -0.236. The molecule has 1 aliphatic rings. The van der Waals surface area contributed by atoms with E-state index in [1.807, 2.05) is 0 Å². The molecule has 0 saturated heterocycles. The molecule has 0 amide bonds. The second-order valence-electron chi connectivity index (χ2n) is 4.06. The van der Waals surface area contributed by atoms with Crippen LogP contribution in [0.1, 0.15) is 51.9 Å². The monoisotopic (exact) mass is 208 g/mol. The fraction of sp³-hybridized carbons (Fsp3) is 1.00. The average Bonchev–Trinajstić information content (AvgIpc) is 2.54. The largest absolute Gasteiger partial charge is 0.187 e. The summed E-state index contributed by atoms with van der Waals surface area (Å²) in [6.07, 6.45) is 6.47. The average molecular weight is 209 g/mol. The van der Waals surface area contributed by atoms with E-state index in [4.69, 9.17) is 11.6 Å². The molecule has 0 aromatic rings. The zero-order valence-electron chi connectivity index (χ0n) is 8.19. The Morgan fingerprint density at radius 3 is 2.54 bits per heavy atom. The van der Waals surface area contributed by atoms with Gasteiger partial charge in [0.15, 0.2) is 0 Å². The quantitative estimate of drug-likeness (QED) is 0.621. The van der Waals surface area contributed by atoms with Gasteiger partial charge in [0.05, 0.1) is 0 Å². The second kappa shape index (κ2) is 5.16. The third-order valence-electron chi connectivity index (χ3n) is 2.87. The highest BCUT2D eigenvalue weighted by Gasteiger charge is 2.37. The van der Waals surface area contributed by atoms with Gasteiger partial charge in [-0.3, -0.25) is 0 Å². The van der Waals surface area contributed by atoms with Crippen LogP contribution in [0.15, 0.2) is 0 Å². The van der Waals surface area contributed by atoms with Gasteiger partial charge in [-0.2, -0.15) is 4.94 Å². The van der Waals surface area contributed by atoms with Crippen LogP contribution in [0.2, 0.25) is 0 Å². The zero-order chi connectivity index (χ0) is 9.73. The molecule has 0 aliphatic heterocycles. The van der Waals surface area contributed by atoms with Crippen LogP contribution in [-0.4, -0.2) is 11.0 Å². The normalized spacial score (nSPS) is 23.3. The molecule has 1 aliphatic carbocycles. The molecule has 13 heavy (non-hydrogen) atoms. The first-order valence-corrected chi connectivity index (χ1v) is 5.60. The smallest absolute Gasteiger partial charge is 0.110 e. The van der Waals surface area contributed by atoms with Crippen molar-refractivity contribution < 1.29 is 9.47 Å². The van der Waals surface area contributed by atoms with Gasteiger partial charge in [-0.1, -0.05) is 26.2 Å². The van der Waals surface area contributed by atoms with Crippen LogP contribution in [-0.2, 0) is 4.94 Å². The predicted octanol–water partition coefficient (Wildman–Crippen LogP) is 4.00. The summed E-state index contributed by atoms with van der Waals surface area (Å²) in [5.74, 6) is 0. The molecule has 0 aromatic heterocycles. The van der Waals surface area contributed by atoms with Crippen LogP contribution in [0.3, 0.4) is 0 Å². The van der Waals surface area contributed by atoms with Crippen LogP contribution < -0.4 is 0 Å². The van der Waals surface area contributed by atoms with E-state index < -0.39 is 5.60 Å². The maximum absolute atomic E-state index is 12.4. The van der Waals surface area contributed by atoms with Crippen molar-refractivity contribution in [2.24, 2.45) is 0 Å². The van der Waals surface area contributed by atoms with E-state index in [0.29, 0.717) is 6.42 Å². The first kappa shape index (κ1) is 11.3. The summed E-state index contributed by atoms with van der Waals surface area (Å²) >= 11 is 6.08. The Morgan fingerprint density at radius 1 is 1.46 bits per heavy atom. The number of hydrogen-bond donors (Lipinski definition) is 0. The van der Waals surface area contributed by atoms with E-state index in [9.17, 15) is 4.53 Å². The van der Waals surface area contributed by atoms with Crippen LogP contribution in [0, 0.1) is 0 Å². The lowest BCUT2D eigenvalue weighted by Crippen LogP contribution is -2.29. The summed E-state index contributed by atoms with van der Waals surface area (Å²) < 4.78 is 12.4. The van der Waals surface area contributed by atoms with Crippen LogP contribution >= 0.6 is 11.6 Å². The minimum atomic E-state index is -0.540. The van der Waals surface area contributed by atoms with Gasteiger partial charge in [-0.15, -0.1) is 11.6 Å². The Balaban J connectivity index is 2.38. The van der Waals surface area contributed by atoms with Gasteiger partial charge >= 0.3 is 0 Å². The van der Waals surface area contributed by atoms with E-state index in [2.05, 4.69) is 11.9 Å². The molecule has 0 N–H and O–H groups in total. The highest BCUT2D eigenvalue weighted by molar-refractivity contribution is 6.20. The zero-order valence-corrected chi connectivity index (χ0v) is 8.95. The van der Waals surface area contributed by atoms with E-state index in [-0.39, 0.29) is 5.38 Å². The van der Waals surface area contributed by atoms with Crippen LogP contribution in [0.5, 0.6) is 0 Å². The molecular weight excluding hydrogens is 191 g/mol. The third kappa shape index (κ3) is 3.10. The summed E-state index contributed by atoms with van der Waals surface area (Å²) in [6, 6.07) is 0. The van der Waals surface area contributed by atoms with Crippen molar-refractivity contribution >= 4 is 11.6 Å². The minimum absolute atomic E-state index is 0.0684. The maximum atomic E-state index is 12.4. The Bertz CT molecular complexity index is 146. The van der Waals surface area contributed by atoms with E-state index in [1.54, 1.807) is 0 Å². The molecule has 1 rings (SSSR count). The summed E-state index contributed by atoms with van der Waals surface area (Å²) in [6.45, 7) is 2.09. The lowest BCUT2D eigenvalue weighted by atomic mass is 9.94. The minimum Gasteiger partial charge on any atom is -0.187 e. The van der Waals surface area contributed by atoms with Crippen molar-refractivity contribution in [2.45, 2.75) is 62.8 Å². The Hall–Kier alpha value is 0.180. The van der Waals surface area contributed by atoms with Gasteiger partial charge < -0.3 is 0 Å². The number of hydrogen-bond acceptors (Lipinski definition) is 1. The summed E-state index contributed by atoms with van der Waals surface area (Å²) in [5.41, 5.74) is -0.540. The summed E-state index contributed by atoms with van der Waals surface area (Å²) in [5, 5.41) is 0.0684. The maximum Gasteiger partial charge on any atom is 0.110 e. The van der Waals surface area contributed by atoms with Crippen LogP contribution in [0.25, 0.3) is 0 Å². The molecule has 1 saturated carbocycles. The first-order valence-electron chi connectivity index (χ1n) is 5.16. The standard InChI is InChI=1S/C10H18ClFO/c1-2-5-9(11)8-10(13-12)6-3-4-7-10/h9H,2-8H2,1H3. The Kier molecular flexibility index (Phi) is 4.47. The number of rotatable bonds is 5. The van der Waals surface area contributed by atoms with E-state index >= 15 is 0 Å². The van der Waals surface area contributed by atoms with Gasteiger partial charge in [0.2, 0.25) is 0 Å². The molecule has 0 heterocycles. The van der Waals surface area contributed by atoms with E-state index in [1.165, 1.54) is 0 Å². The molecule has 0 spiro atoms. The number of alkyl halides is 1. The highest BCUT2D eigenvalue weighted by Crippen LogP contribution is 2.38. The topological polar surface area (TPSA) is 9.23 Å². The fourth-order valence-corrected chi connectivity index (χ4v) is 2.65. The van der Waals surface area contributed by atoms with Gasteiger partial charge in [-0.05, 0) is 30.2 Å². The Morgan fingerprint density at radius 2 is 2.08 bits per heavy atom. The van der Waals surface area contributed by atoms with Crippen molar-refractivity contribution in [1.82, 2.24) is 0 Å². The van der Waals surface area contributed by atoms with Crippen molar-refractivity contribution in [3.8, 4) is 0 Å². The van der Waals surface area contributed by atoms with Gasteiger partial charge in [0, 0.05) is 5.38 Å². The second-order valence-corrected chi connectivity index (χ2v) is 4.67. The molecule has 1 atom stereocenters. The molecular formula is C10H18ClFO. The molecule has 78 valence electrons. The predicted molar refractivity (Wildman–Crippen MR) is 52.6 cm³/mol. The van der Waals surface area contributed by atoms with Crippen molar-refractivity contribution in [2.75, 3.05) is 0 Å². The van der Waals surface area contributed by atoms with Gasteiger partial charge in [0.25, 0.3) is 0 Å². The highest BCUT2D eigenvalue weighted by atomic mass is 35.5. The Labute approximate surface area is 84.5 Å². The first-order chi connectivity index (χ1) is 6.22. The molecule has 1 unspecified atom stereocenters. The SMILES string of the molecule is CCCC(Cl)CC1(OF)CCCC1. The molecule has 0 aromatic carbocycles.